The molecular weight excluding hydrogens is 322 g/mol. The Morgan fingerprint density at radius 2 is 1.96 bits per heavy atom. The molecule has 1 aromatic heterocycles. The Bertz CT molecular complexity index is 866. The van der Waals surface area contributed by atoms with E-state index >= 15 is 0 Å². The third-order valence-corrected chi connectivity index (χ3v) is 5.79. The van der Waals surface area contributed by atoms with Crippen LogP contribution >= 0.6 is 23.1 Å². The van der Waals surface area contributed by atoms with Crippen molar-refractivity contribution in [1.82, 2.24) is 4.98 Å². The molecule has 1 N–H and O–H groups in total. The lowest BCUT2D eigenvalue weighted by Gasteiger charge is -2.13. The number of hydrogen-bond acceptors (Lipinski definition) is 5. The maximum atomic E-state index is 4.74. The smallest absolute Gasteiger partial charge is 0.161 e. The lowest BCUT2D eigenvalue weighted by Crippen LogP contribution is -2.13. The van der Waals surface area contributed by atoms with Gasteiger partial charge in [-0.1, -0.05) is 17.8 Å². The second-order valence-electron chi connectivity index (χ2n) is 5.58. The summed E-state index contributed by atoms with van der Waals surface area (Å²) in [5.41, 5.74) is 4.59. The first-order valence-corrected chi connectivity index (χ1v) is 9.50. The van der Waals surface area contributed by atoms with E-state index in [4.69, 9.17) is 4.98 Å². The van der Waals surface area contributed by atoms with Crippen LogP contribution in [0.4, 0.5) is 5.69 Å². The van der Waals surface area contributed by atoms with Gasteiger partial charge < -0.3 is 5.32 Å². The maximum Gasteiger partial charge on any atom is 0.161 e. The van der Waals surface area contributed by atoms with Gasteiger partial charge in [0.15, 0.2) is 5.17 Å². The minimum absolute atomic E-state index is 0.929. The molecule has 0 saturated carbocycles. The molecule has 0 atom stereocenters. The van der Waals surface area contributed by atoms with Gasteiger partial charge >= 0.3 is 0 Å². The Labute approximate surface area is 143 Å². The van der Waals surface area contributed by atoms with E-state index in [0.29, 0.717) is 0 Å². The molecule has 5 heteroatoms. The standard InChI is InChI=1S/C18H17N3S2/c1-12-3-8-15-16(11-12)23-17(21-15)13-4-6-14(7-5-13)20-18-19-9-2-10-22-18/h3-8,11H,2,9-10H2,1H3,(H,19,20). The minimum atomic E-state index is 0.929. The topological polar surface area (TPSA) is 37.3 Å². The van der Waals surface area contributed by atoms with E-state index in [1.165, 1.54) is 16.7 Å². The van der Waals surface area contributed by atoms with Crippen molar-refractivity contribution in [3.63, 3.8) is 0 Å². The average molecular weight is 339 g/mol. The molecule has 0 bridgehead atoms. The third-order valence-electron chi connectivity index (χ3n) is 3.72. The molecule has 116 valence electrons. The van der Waals surface area contributed by atoms with Crippen molar-refractivity contribution in [3.8, 4) is 10.6 Å². The van der Waals surface area contributed by atoms with Gasteiger partial charge in [0.2, 0.25) is 0 Å². The summed E-state index contributed by atoms with van der Waals surface area (Å²) >= 11 is 3.54. The summed E-state index contributed by atoms with van der Waals surface area (Å²) in [4.78, 5) is 9.24. The molecule has 2 aromatic carbocycles. The van der Waals surface area contributed by atoms with Crippen LogP contribution in [0.15, 0.2) is 47.5 Å². The van der Waals surface area contributed by atoms with Crippen molar-refractivity contribution in [3.05, 3.63) is 48.0 Å². The van der Waals surface area contributed by atoms with Crippen LogP contribution in [0.2, 0.25) is 0 Å². The Hall–Kier alpha value is -1.85. The number of hydrogen-bond donors (Lipinski definition) is 1. The summed E-state index contributed by atoms with van der Waals surface area (Å²) in [6.45, 7) is 3.05. The molecule has 3 nitrogen and oxygen atoms in total. The van der Waals surface area contributed by atoms with E-state index in [2.05, 4.69) is 59.7 Å². The number of aromatic nitrogens is 1. The maximum absolute atomic E-state index is 4.74. The first-order chi connectivity index (χ1) is 11.3. The van der Waals surface area contributed by atoms with E-state index in [1.54, 1.807) is 23.1 Å². The number of amidine groups is 1. The van der Waals surface area contributed by atoms with Crippen molar-refractivity contribution in [2.45, 2.75) is 13.3 Å². The van der Waals surface area contributed by atoms with Crippen LogP contribution in [-0.4, -0.2) is 22.4 Å². The van der Waals surface area contributed by atoms with Gasteiger partial charge in [0.05, 0.1) is 10.2 Å². The van der Waals surface area contributed by atoms with Gasteiger partial charge in [0.25, 0.3) is 0 Å². The summed E-state index contributed by atoms with van der Waals surface area (Å²) in [7, 11) is 0. The highest BCUT2D eigenvalue weighted by Gasteiger charge is 2.08. The second-order valence-corrected chi connectivity index (χ2v) is 7.70. The fraction of sp³-hybridized carbons (Fsp3) is 0.222. The zero-order valence-corrected chi connectivity index (χ0v) is 14.5. The quantitative estimate of drug-likeness (QED) is 0.699. The van der Waals surface area contributed by atoms with Gasteiger partial charge in [0, 0.05) is 23.5 Å². The number of thioether (sulfide) groups is 1. The summed E-state index contributed by atoms with van der Waals surface area (Å²) in [6.07, 6.45) is 1.17. The van der Waals surface area contributed by atoms with Gasteiger partial charge in [-0.3, -0.25) is 4.99 Å². The summed E-state index contributed by atoms with van der Waals surface area (Å²) in [5.74, 6) is 1.15. The monoisotopic (exact) mass is 339 g/mol. The molecular formula is C18H17N3S2. The lowest BCUT2D eigenvalue weighted by molar-refractivity contribution is 0.938. The molecule has 0 spiro atoms. The Kier molecular flexibility index (Phi) is 4.06. The van der Waals surface area contributed by atoms with E-state index < -0.39 is 0 Å². The predicted molar refractivity (Wildman–Crippen MR) is 103 cm³/mol. The van der Waals surface area contributed by atoms with Gasteiger partial charge in [-0.2, -0.15) is 0 Å². The van der Waals surface area contributed by atoms with Crippen molar-refractivity contribution in [2.75, 3.05) is 17.6 Å². The van der Waals surface area contributed by atoms with Crippen molar-refractivity contribution >= 4 is 44.2 Å². The SMILES string of the molecule is Cc1ccc2nc(-c3ccc(NC4=NCCCS4)cc3)sc2c1. The molecule has 3 aromatic rings. The molecule has 0 radical (unpaired) electrons. The number of nitrogens with one attached hydrogen (secondary N) is 1. The number of fused-ring (bicyclic) bond motifs is 1. The number of nitrogens with zero attached hydrogens (tertiary/aromatic N) is 2. The van der Waals surface area contributed by atoms with Crippen molar-refractivity contribution < 1.29 is 0 Å². The number of benzene rings is 2. The highest BCUT2D eigenvalue weighted by Crippen LogP contribution is 2.31. The molecule has 2 heterocycles. The van der Waals surface area contributed by atoms with E-state index in [-0.39, 0.29) is 0 Å². The summed E-state index contributed by atoms with van der Waals surface area (Å²) < 4.78 is 1.25. The number of thiazole rings is 1. The zero-order chi connectivity index (χ0) is 15.6. The Morgan fingerprint density at radius 1 is 1.09 bits per heavy atom. The number of aliphatic imine (C=N–C) groups is 1. The van der Waals surface area contributed by atoms with E-state index in [0.717, 1.165) is 39.2 Å². The average Bonchev–Trinajstić information content (AvgIpc) is 2.99. The van der Waals surface area contributed by atoms with Crippen LogP contribution < -0.4 is 5.32 Å². The van der Waals surface area contributed by atoms with Crippen LogP contribution in [0.5, 0.6) is 0 Å². The van der Waals surface area contributed by atoms with Crippen LogP contribution in [0.3, 0.4) is 0 Å². The van der Waals surface area contributed by atoms with Crippen molar-refractivity contribution in [2.24, 2.45) is 4.99 Å². The minimum Gasteiger partial charge on any atom is -0.335 e. The Morgan fingerprint density at radius 3 is 2.74 bits per heavy atom. The number of anilines is 1. The van der Waals surface area contributed by atoms with Gasteiger partial charge in [-0.15, -0.1) is 11.3 Å². The third kappa shape index (κ3) is 3.26. The Balaban J connectivity index is 1.57. The van der Waals surface area contributed by atoms with E-state index in [1.807, 2.05) is 0 Å². The normalized spacial score (nSPS) is 14.7. The molecule has 0 unspecified atom stereocenters. The summed E-state index contributed by atoms with van der Waals surface area (Å²) in [5, 5.41) is 5.49. The highest BCUT2D eigenvalue weighted by molar-refractivity contribution is 8.14. The molecule has 0 amide bonds. The van der Waals surface area contributed by atoms with Gasteiger partial charge in [-0.05, 0) is 55.3 Å². The molecule has 4 rings (SSSR count). The largest absolute Gasteiger partial charge is 0.335 e. The zero-order valence-electron chi connectivity index (χ0n) is 12.9. The molecule has 0 aliphatic carbocycles. The van der Waals surface area contributed by atoms with Gasteiger partial charge in [0.1, 0.15) is 5.01 Å². The van der Waals surface area contributed by atoms with Gasteiger partial charge in [-0.25, -0.2) is 4.98 Å². The molecule has 0 saturated heterocycles. The fourth-order valence-electron chi connectivity index (χ4n) is 2.51. The first kappa shape index (κ1) is 14.7. The van der Waals surface area contributed by atoms with Crippen LogP contribution in [-0.2, 0) is 0 Å². The molecule has 0 fully saturated rings. The summed E-state index contributed by atoms with van der Waals surface area (Å²) in [6, 6.07) is 14.9. The van der Waals surface area contributed by atoms with Crippen LogP contribution in [0.1, 0.15) is 12.0 Å². The molecule has 1 aliphatic heterocycles. The lowest BCUT2D eigenvalue weighted by atomic mass is 10.2. The van der Waals surface area contributed by atoms with Crippen LogP contribution in [0, 0.1) is 6.92 Å². The second kappa shape index (κ2) is 6.34. The van der Waals surface area contributed by atoms with Crippen LogP contribution in [0.25, 0.3) is 20.8 Å². The predicted octanol–water partition coefficient (Wildman–Crippen LogP) is 5.18. The molecule has 23 heavy (non-hydrogen) atoms. The number of aryl methyl sites for hydroxylation is 1. The highest BCUT2D eigenvalue weighted by atomic mass is 32.2. The molecule has 1 aliphatic rings. The fourth-order valence-corrected chi connectivity index (χ4v) is 4.42. The van der Waals surface area contributed by atoms with E-state index in [9.17, 15) is 0 Å². The van der Waals surface area contributed by atoms with Crippen molar-refractivity contribution in [1.29, 1.82) is 0 Å². The first-order valence-electron chi connectivity index (χ1n) is 7.70. The number of rotatable bonds is 2.